The second-order valence-electron chi connectivity index (χ2n) is 4.48. The lowest BCUT2D eigenvalue weighted by Crippen LogP contribution is -2.35. The molecule has 3 nitrogen and oxygen atoms in total. The number of nitrogens with one attached hydrogen (secondary N) is 1. The van der Waals surface area contributed by atoms with E-state index in [1.807, 2.05) is 19.4 Å². The maximum Gasteiger partial charge on any atom is 0.0562 e. The van der Waals surface area contributed by atoms with Crippen LogP contribution in [0.2, 0.25) is 0 Å². The van der Waals surface area contributed by atoms with Crippen LogP contribution in [0.1, 0.15) is 26.3 Å². The molecule has 0 unspecified atom stereocenters. The van der Waals surface area contributed by atoms with E-state index in [4.69, 9.17) is 0 Å². The summed E-state index contributed by atoms with van der Waals surface area (Å²) in [6.07, 6.45) is 8.04. The van der Waals surface area contributed by atoms with Gasteiger partial charge in [-0.3, -0.25) is 4.68 Å². The summed E-state index contributed by atoms with van der Waals surface area (Å²) in [6, 6.07) is 0. The number of aromatic nitrogens is 2. The molecule has 0 fully saturated rings. The summed E-state index contributed by atoms with van der Waals surface area (Å²) < 4.78 is 1.80. The van der Waals surface area contributed by atoms with E-state index in [0.29, 0.717) is 0 Å². The van der Waals surface area contributed by atoms with Gasteiger partial charge in [-0.2, -0.15) is 5.10 Å². The molecule has 1 aromatic heterocycles. The molecule has 3 heteroatoms. The van der Waals surface area contributed by atoms with Crippen LogP contribution in [0, 0.1) is 0 Å². The summed E-state index contributed by atoms with van der Waals surface area (Å²) in [5.74, 6) is 0. The van der Waals surface area contributed by atoms with Crippen molar-refractivity contribution in [2.45, 2.75) is 26.3 Å². The minimum atomic E-state index is 0.180. The quantitative estimate of drug-likeness (QED) is 0.793. The summed E-state index contributed by atoms with van der Waals surface area (Å²) in [4.78, 5) is 0. The molecule has 1 heterocycles. The van der Waals surface area contributed by atoms with Gasteiger partial charge < -0.3 is 5.32 Å². The third-order valence-corrected chi connectivity index (χ3v) is 1.79. The number of hydrogen-bond acceptors (Lipinski definition) is 2. The molecule has 0 aromatic carbocycles. The molecule has 0 radical (unpaired) electrons. The Bertz CT molecular complexity index is 305. The van der Waals surface area contributed by atoms with E-state index < -0.39 is 0 Å². The molecule has 78 valence electrons. The largest absolute Gasteiger partial charge is 0.309 e. The van der Waals surface area contributed by atoms with Crippen LogP contribution < -0.4 is 5.32 Å². The van der Waals surface area contributed by atoms with Crippen molar-refractivity contribution in [2.24, 2.45) is 7.05 Å². The summed E-state index contributed by atoms with van der Waals surface area (Å²) >= 11 is 0. The van der Waals surface area contributed by atoms with Gasteiger partial charge in [-0.25, -0.2) is 0 Å². The van der Waals surface area contributed by atoms with Gasteiger partial charge in [0.05, 0.1) is 6.20 Å². The summed E-state index contributed by atoms with van der Waals surface area (Å²) in [6.45, 7) is 7.36. The van der Waals surface area contributed by atoms with Gasteiger partial charge in [-0.05, 0) is 20.8 Å². The van der Waals surface area contributed by atoms with Crippen LogP contribution in [-0.4, -0.2) is 21.9 Å². The van der Waals surface area contributed by atoms with Gasteiger partial charge in [0.25, 0.3) is 0 Å². The van der Waals surface area contributed by atoms with Crippen LogP contribution in [0.15, 0.2) is 18.5 Å². The molecule has 14 heavy (non-hydrogen) atoms. The molecule has 1 N–H and O–H groups in total. The molecule has 1 aromatic rings. The Balaban J connectivity index is 2.35. The molecule has 0 aliphatic carbocycles. The average molecular weight is 193 g/mol. The monoisotopic (exact) mass is 193 g/mol. The van der Waals surface area contributed by atoms with Gasteiger partial charge in [0.15, 0.2) is 0 Å². The fourth-order valence-corrected chi connectivity index (χ4v) is 1.09. The van der Waals surface area contributed by atoms with Crippen LogP contribution in [0.25, 0.3) is 6.08 Å². The zero-order valence-corrected chi connectivity index (χ0v) is 9.41. The molecule has 1 rings (SSSR count). The normalized spacial score (nSPS) is 12.6. The maximum atomic E-state index is 4.09. The SMILES string of the molecule is Cn1cc(C=CCNC(C)(C)C)cn1. The summed E-state index contributed by atoms with van der Waals surface area (Å²) in [5.41, 5.74) is 1.32. The Morgan fingerprint density at radius 3 is 2.71 bits per heavy atom. The van der Waals surface area contributed by atoms with Gasteiger partial charge in [0, 0.05) is 30.9 Å². The van der Waals surface area contributed by atoms with Crippen LogP contribution in [0.4, 0.5) is 0 Å². The van der Waals surface area contributed by atoms with Crippen molar-refractivity contribution in [1.82, 2.24) is 15.1 Å². The standard InChI is InChI=1S/C11H19N3/c1-11(2,3)12-7-5-6-10-8-13-14(4)9-10/h5-6,8-9,12H,7H2,1-4H3. The predicted molar refractivity (Wildman–Crippen MR) is 60.0 cm³/mol. The van der Waals surface area contributed by atoms with E-state index in [9.17, 15) is 0 Å². The highest BCUT2D eigenvalue weighted by Crippen LogP contribution is 2.00. The number of hydrogen-bond donors (Lipinski definition) is 1. The first-order valence-electron chi connectivity index (χ1n) is 4.87. The Morgan fingerprint density at radius 1 is 1.50 bits per heavy atom. The molecular formula is C11H19N3. The zero-order valence-electron chi connectivity index (χ0n) is 9.41. The van der Waals surface area contributed by atoms with E-state index >= 15 is 0 Å². The van der Waals surface area contributed by atoms with Crippen LogP contribution >= 0.6 is 0 Å². The van der Waals surface area contributed by atoms with Gasteiger partial charge in [-0.15, -0.1) is 0 Å². The smallest absolute Gasteiger partial charge is 0.0562 e. The average Bonchev–Trinajstić information content (AvgIpc) is 2.44. The molecule has 0 saturated heterocycles. The minimum Gasteiger partial charge on any atom is -0.309 e. The molecule has 0 aliphatic heterocycles. The lowest BCUT2D eigenvalue weighted by atomic mass is 10.1. The highest BCUT2D eigenvalue weighted by Gasteiger charge is 2.05. The summed E-state index contributed by atoms with van der Waals surface area (Å²) in [5, 5.41) is 7.47. The van der Waals surface area contributed by atoms with Crippen molar-refractivity contribution in [2.75, 3.05) is 6.54 Å². The highest BCUT2D eigenvalue weighted by atomic mass is 15.2. The number of aryl methyl sites for hydroxylation is 1. The molecule has 0 aliphatic rings. The second-order valence-corrected chi connectivity index (χ2v) is 4.48. The van der Waals surface area contributed by atoms with Crippen molar-refractivity contribution in [1.29, 1.82) is 0 Å². The van der Waals surface area contributed by atoms with Crippen molar-refractivity contribution in [3.8, 4) is 0 Å². The Hall–Kier alpha value is -1.09. The van der Waals surface area contributed by atoms with Crippen LogP contribution in [-0.2, 0) is 7.05 Å². The zero-order chi connectivity index (χ0) is 10.6. The first-order chi connectivity index (χ1) is 6.47. The Morgan fingerprint density at radius 2 is 2.21 bits per heavy atom. The van der Waals surface area contributed by atoms with Gasteiger partial charge >= 0.3 is 0 Å². The predicted octanol–water partition coefficient (Wildman–Crippen LogP) is 1.82. The third kappa shape index (κ3) is 4.23. The van der Waals surface area contributed by atoms with Crippen molar-refractivity contribution in [3.63, 3.8) is 0 Å². The lowest BCUT2D eigenvalue weighted by Gasteiger charge is -2.18. The van der Waals surface area contributed by atoms with E-state index in [0.717, 1.165) is 12.1 Å². The van der Waals surface area contributed by atoms with E-state index in [1.165, 1.54) is 0 Å². The fraction of sp³-hybridized carbons (Fsp3) is 0.545. The van der Waals surface area contributed by atoms with E-state index in [1.54, 1.807) is 4.68 Å². The minimum absolute atomic E-state index is 0.180. The van der Waals surface area contributed by atoms with Gasteiger partial charge in [0.1, 0.15) is 0 Å². The van der Waals surface area contributed by atoms with Gasteiger partial charge in [-0.1, -0.05) is 12.2 Å². The Kier molecular flexibility index (Phi) is 3.47. The number of rotatable bonds is 3. The summed E-state index contributed by atoms with van der Waals surface area (Å²) in [7, 11) is 1.92. The van der Waals surface area contributed by atoms with Gasteiger partial charge in [0.2, 0.25) is 0 Å². The molecule has 0 bridgehead atoms. The Labute approximate surface area is 85.8 Å². The maximum absolute atomic E-state index is 4.09. The second kappa shape index (κ2) is 4.42. The molecule has 0 atom stereocenters. The molecule has 0 amide bonds. The van der Waals surface area contributed by atoms with E-state index in [2.05, 4.69) is 43.3 Å². The molecule has 0 spiro atoms. The molecule has 0 saturated carbocycles. The third-order valence-electron chi connectivity index (χ3n) is 1.79. The van der Waals surface area contributed by atoms with Crippen LogP contribution in [0.5, 0.6) is 0 Å². The topological polar surface area (TPSA) is 29.9 Å². The van der Waals surface area contributed by atoms with Crippen LogP contribution in [0.3, 0.4) is 0 Å². The van der Waals surface area contributed by atoms with Crippen molar-refractivity contribution < 1.29 is 0 Å². The fourth-order valence-electron chi connectivity index (χ4n) is 1.09. The van der Waals surface area contributed by atoms with Crippen molar-refractivity contribution >= 4 is 6.08 Å². The van der Waals surface area contributed by atoms with E-state index in [-0.39, 0.29) is 5.54 Å². The van der Waals surface area contributed by atoms with Crippen molar-refractivity contribution in [3.05, 3.63) is 24.0 Å². The first kappa shape index (κ1) is 11.0. The number of nitrogens with zero attached hydrogens (tertiary/aromatic N) is 2. The lowest BCUT2D eigenvalue weighted by molar-refractivity contribution is 0.450. The first-order valence-corrected chi connectivity index (χ1v) is 4.87. The highest BCUT2D eigenvalue weighted by molar-refractivity contribution is 5.46. The molecular weight excluding hydrogens is 174 g/mol.